The second-order valence-electron chi connectivity index (χ2n) is 3.01. The van der Waals surface area contributed by atoms with Crippen molar-refractivity contribution in [2.24, 2.45) is 0 Å². The average molecular weight is 174 g/mol. The third-order valence-electron chi connectivity index (χ3n) is 1.61. The number of hydrogen-bond donors (Lipinski definition) is 0. The summed E-state index contributed by atoms with van der Waals surface area (Å²) >= 11 is 1.87. The zero-order valence-corrected chi connectivity index (χ0v) is 7.82. The van der Waals surface area contributed by atoms with Crippen LogP contribution in [0, 0.1) is 0 Å². The van der Waals surface area contributed by atoms with E-state index in [0.29, 0.717) is 16.9 Å². The molecule has 2 nitrogen and oxygen atoms in total. The third kappa shape index (κ3) is 3.25. The van der Waals surface area contributed by atoms with E-state index in [2.05, 4.69) is 6.92 Å². The Morgan fingerprint density at radius 1 is 1.73 bits per heavy atom. The van der Waals surface area contributed by atoms with Crippen LogP contribution >= 0.6 is 11.8 Å². The quantitative estimate of drug-likeness (QED) is 0.646. The summed E-state index contributed by atoms with van der Waals surface area (Å²) in [4.78, 5) is 10.7. The van der Waals surface area contributed by atoms with Gasteiger partial charge in [0.1, 0.15) is 5.78 Å². The van der Waals surface area contributed by atoms with Gasteiger partial charge >= 0.3 is 0 Å². The predicted molar refractivity (Wildman–Crippen MR) is 47.0 cm³/mol. The van der Waals surface area contributed by atoms with Crippen LogP contribution in [0.2, 0.25) is 0 Å². The lowest BCUT2D eigenvalue weighted by atomic mass is 10.2. The first-order valence-electron chi connectivity index (χ1n) is 3.91. The molecule has 11 heavy (non-hydrogen) atoms. The molecular formula is C8H14O2S. The lowest BCUT2D eigenvalue weighted by Crippen LogP contribution is -2.32. The second kappa shape index (κ2) is 4.12. The number of carbonyl (C=O) groups excluding carboxylic acids is 1. The van der Waals surface area contributed by atoms with Gasteiger partial charge in [0.15, 0.2) is 0 Å². The minimum Gasteiger partial charge on any atom is -0.379 e. The molecule has 0 aromatic heterocycles. The molecule has 0 amide bonds. The highest BCUT2D eigenvalue weighted by Crippen LogP contribution is 2.25. The van der Waals surface area contributed by atoms with Crippen molar-refractivity contribution >= 4 is 17.5 Å². The number of ether oxygens (including phenoxy) is 1. The number of rotatable bonds is 4. The Labute approximate surface area is 71.7 Å². The molecule has 0 bridgehead atoms. The molecule has 0 aromatic carbocycles. The molecule has 1 saturated heterocycles. The monoisotopic (exact) mass is 174 g/mol. The summed E-state index contributed by atoms with van der Waals surface area (Å²) < 4.78 is 5.03. The first kappa shape index (κ1) is 9.07. The summed E-state index contributed by atoms with van der Waals surface area (Å²) in [6, 6.07) is 0. The van der Waals surface area contributed by atoms with Crippen molar-refractivity contribution in [3.05, 3.63) is 0 Å². The van der Waals surface area contributed by atoms with Crippen LogP contribution in [0.5, 0.6) is 0 Å². The molecule has 1 aliphatic heterocycles. The molecule has 1 rings (SSSR count). The van der Waals surface area contributed by atoms with Crippen molar-refractivity contribution in [2.75, 3.05) is 13.2 Å². The number of hydrogen-bond acceptors (Lipinski definition) is 3. The van der Waals surface area contributed by atoms with E-state index in [-0.39, 0.29) is 5.78 Å². The highest BCUT2D eigenvalue weighted by atomic mass is 32.2. The molecule has 1 heterocycles. The van der Waals surface area contributed by atoms with E-state index < -0.39 is 0 Å². The Kier molecular flexibility index (Phi) is 3.40. The van der Waals surface area contributed by atoms with E-state index in [9.17, 15) is 4.79 Å². The van der Waals surface area contributed by atoms with Crippen LogP contribution in [0.15, 0.2) is 0 Å². The molecule has 0 N–H and O–H groups in total. The van der Waals surface area contributed by atoms with Crippen molar-refractivity contribution in [2.45, 2.75) is 30.8 Å². The molecule has 0 aromatic rings. The van der Waals surface area contributed by atoms with E-state index in [4.69, 9.17) is 4.74 Å². The molecule has 1 atom stereocenters. The number of Topliss-reactive ketones (excluding diaryl/α,β-unsaturated/α-hetero) is 1. The van der Waals surface area contributed by atoms with Gasteiger partial charge in [-0.3, -0.25) is 4.79 Å². The van der Waals surface area contributed by atoms with Crippen LogP contribution in [0.4, 0.5) is 0 Å². The Balaban J connectivity index is 2.09. The van der Waals surface area contributed by atoms with E-state index in [1.165, 1.54) is 0 Å². The predicted octanol–water partition coefficient (Wildman–Crippen LogP) is 1.49. The Morgan fingerprint density at radius 3 is 2.73 bits per heavy atom. The molecule has 3 heteroatoms. The van der Waals surface area contributed by atoms with Crippen molar-refractivity contribution in [3.63, 3.8) is 0 Å². The highest BCUT2D eigenvalue weighted by molar-refractivity contribution is 8.00. The fraction of sp³-hybridized carbons (Fsp3) is 0.875. The molecule has 0 saturated carbocycles. The van der Waals surface area contributed by atoms with Crippen LogP contribution in [0.25, 0.3) is 0 Å². The topological polar surface area (TPSA) is 26.3 Å². The average Bonchev–Trinajstić information content (AvgIpc) is 1.77. The standard InChI is InChI=1S/C8H14O2S/c1-6(9)3-7(2)11-8-4-10-5-8/h7-8H,3-5H2,1-2H3. The summed E-state index contributed by atoms with van der Waals surface area (Å²) in [5.41, 5.74) is 0. The van der Waals surface area contributed by atoms with E-state index in [0.717, 1.165) is 13.2 Å². The van der Waals surface area contributed by atoms with Crippen molar-refractivity contribution < 1.29 is 9.53 Å². The summed E-state index contributed by atoms with van der Waals surface area (Å²) in [6.07, 6.45) is 0.696. The fourth-order valence-corrected chi connectivity index (χ4v) is 2.41. The smallest absolute Gasteiger partial charge is 0.130 e. The third-order valence-corrected chi connectivity index (χ3v) is 2.90. The normalized spacial score (nSPS) is 20.9. The fourth-order valence-electron chi connectivity index (χ4n) is 1.07. The molecule has 0 spiro atoms. The summed E-state index contributed by atoms with van der Waals surface area (Å²) in [6.45, 7) is 5.48. The Hall–Kier alpha value is -0.0200. The molecular weight excluding hydrogens is 160 g/mol. The van der Waals surface area contributed by atoms with Crippen molar-refractivity contribution in [3.8, 4) is 0 Å². The van der Waals surface area contributed by atoms with Crippen LogP contribution < -0.4 is 0 Å². The van der Waals surface area contributed by atoms with Gasteiger partial charge in [0.2, 0.25) is 0 Å². The molecule has 1 unspecified atom stereocenters. The van der Waals surface area contributed by atoms with Gasteiger partial charge in [-0.15, -0.1) is 0 Å². The molecule has 1 fully saturated rings. The lowest BCUT2D eigenvalue weighted by Gasteiger charge is -2.27. The molecule has 0 aliphatic carbocycles. The number of carbonyl (C=O) groups is 1. The van der Waals surface area contributed by atoms with Gasteiger partial charge in [-0.25, -0.2) is 0 Å². The van der Waals surface area contributed by atoms with Gasteiger partial charge in [-0.05, 0) is 6.92 Å². The zero-order chi connectivity index (χ0) is 8.27. The van der Waals surface area contributed by atoms with Gasteiger partial charge in [0, 0.05) is 11.7 Å². The van der Waals surface area contributed by atoms with Crippen LogP contribution in [-0.4, -0.2) is 29.5 Å². The van der Waals surface area contributed by atoms with Gasteiger partial charge in [-0.2, -0.15) is 11.8 Å². The van der Waals surface area contributed by atoms with Gasteiger partial charge < -0.3 is 4.74 Å². The van der Waals surface area contributed by atoms with Gasteiger partial charge in [-0.1, -0.05) is 6.92 Å². The summed E-state index contributed by atoms with van der Waals surface area (Å²) in [7, 11) is 0. The van der Waals surface area contributed by atoms with E-state index in [1.54, 1.807) is 6.92 Å². The number of thioether (sulfide) groups is 1. The van der Waals surface area contributed by atoms with Crippen molar-refractivity contribution in [1.29, 1.82) is 0 Å². The molecule has 1 aliphatic rings. The van der Waals surface area contributed by atoms with Gasteiger partial charge in [0.25, 0.3) is 0 Å². The second-order valence-corrected chi connectivity index (χ2v) is 4.76. The minimum absolute atomic E-state index is 0.283. The van der Waals surface area contributed by atoms with Crippen LogP contribution in [-0.2, 0) is 9.53 Å². The van der Waals surface area contributed by atoms with Crippen LogP contribution in [0.3, 0.4) is 0 Å². The van der Waals surface area contributed by atoms with Crippen molar-refractivity contribution in [1.82, 2.24) is 0 Å². The summed E-state index contributed by atoms with van der Waals surface area (Å²) in [5, 5.41) is 1.10. The zero-order valence-electron chi connectivity index (χ0n) is 7.00. The lowest BCUT2D eigenvalue weighted by molar-refractivity contribution is -0.116. The first-order valence-corrected chi connectivity index (χ1v) is 4.85. The van der Waals surface area contributed by atoms with E-state index in [1.807, 2.05) is 11.8 Å². The molecule has 0 radical (unpaired) electrons. The maximum atomic E-state index is 10.7. The minimum atomic E-state index is 0.283. The van der Waals surface area contributed by atoms with E-state index >= 15 is 0 Å². The largest absolute Gasteiger partial charge is 0.379 e. The Morgan fingerprint density at radius 2 is 2.36 bits per heavy atom. The first-order chi connectivity index (χ1) is 5.18. The maximum absolute atomic E-state index is 10.7. The molecule has 64 valence electrons. The maximum Gasteiger partial charge on any atom is 0.130 e. The van der Waals surface area contributed by atoms with Gasteiger partial charge in [0.05, 0.1) is 18.5 Å². The number of ketones is 1. The summed E-state index contributed by atoms with van der Waals surface area (Å²) in [5.74, 6) is 0.283. The Bertz CT molecular complexity index is 143. The SMILES string of the molecule is CC(=O)CC(C)SC1COC1. The van der Waals surface area contributed by atoms with Crippen LogP contribution in [0.1, 0.15) is 20.3 Å². The highest BCUT2D eigenvalue weighted by Gasteiger charge is 2.21.